The molecule has 1 saturated carbocycles. The normalized spacial score (nSPS) is 23.8. The second-order valence-corrected chi connectivity index (χ2v) is 9.80. The van der Waals surface area contributed by atoms with Crippen LogP contribution in [0.25, 0.3) is 0 Å². The Balaban J connectivity index is 0.000000152. The van der Waals surface area contributed by atoms with E-state index in [0.717, 1.165) is 56.1 Å². The van der Waals surface area contributed by atoms with Crippen LogP contribution in [-0.4, -0.2) is 45.8 Å². The molecule has 32 heavy (non-hydrogen) atoms. The number of para-hydroxylation sites is 1. The number of fused-ring (bicyclic) bond motifs is 2. The first kappa shape index (κ1) is 23.7. The average molecular weight is 476 g/mol. The van der Waals surface area contributed by atoms with Gasteiger partial charge in [0.1, 0.15) is 0 Å². The summed E-state index contributed by atoms with van der Waals surface area (Å²) < 4.78 is 0. The summed E-state index contributed by atoms with van der Waals surface area (Å²) in [6.07, 6.45) is 4.30. The lowest BCUT2D eigenvalue weighted by atomic mass is 9.82. The number of halogens is 2. The highest BCUT2D eigenvalue weighted by Crippen LogP contribution is 2.48. The lowest BCUT2D eigenvalue weighted by Crippen LogP contribution is -2.43. The van der Waals surface area contributed by atoms with E-state index in [1.807, 2.05) is 12.1 Å². The van der Waals surface area contributed by atoms with Crippen LogP contribution in [0.3, 0.4) is 0 Å². The van der Waals surface area contributed by atoms with Gasteiger partial charge in [-0.25, -0.2) is 0 Å². The first-order valence-electron chi connectivity index (χ1n) is 12.0. The summed E-state index contributed by atoms with van der Waals surface area (Å²) in [5.74, 6) is 1.79. The summed E-state index contributed by atoms with van der Waals surface area (Å²) in [5.41, 5.74) is 7.22. The monoisotopic (exact) mass is 474 g/mol. The van der Waals surface area contributed by atoms with Crippen molar-refractivity contribution in [2.24, 2.45) is 5.92 Å². The van der Waals surface area contributed by atoms with Gasteiger partial charge in [0.05, 0.1) is 0 Å². The largest absolute Gasteiger partial charge is 0.369 e. The van der Waals surface area contributed by atoms with Gasteiger partial charge in [0.25, 0.3) is 0 Å². The van der Waals surface area contributed by atoms with Crippen LogP contribution in [0.2, 0.25) is 5.02 Å². The van der Waals surface area contributed by atoms with Gasteiger partial charge in [0, 0.05) is 68.8 Å². The first-order chi connectivity index (χ1) is 15.2. The summed E-state index contributed by atoms with van der Waals surface area (Å²) in [7, 11) is 0. The molecule has 0 unspecified atom stereocenters. The molecule has 3 heterocycles. The molecule has 4 aliphatic rings. The maximum atomic E-state index is 6.09. The zero-order valence-corrected chi connectivity index (χ0v) is 20.7. The number of hydrogen-bond acceptors (Lipinski definition) is 4. The Kier molecular flexibility index (Phi) is 7.88. The first-order valence-corrected chi connectivity index (χ1v) is 12.4. The van der Waals surface area contributed by atoms with E-state index in [1.165, 1.54) is 49.2 Å². The average Bonchev–Trinajstić information content (AvgIpc) is 3.18. The number of hydrogen-bond donors (Lipinski definition) is 2. The molecule has 3 aliphatic heterocycles. The van der Waals surface area contributed by atoms with Crippen molar-refractivity contribution in [2.45, 2.75) is 38.6 Å². The fourth-order valence-corrected chi connectivity index (χ4v) is 6.13. The second kappa shape index (κ2) is 10.6. The molecular formula is C26H36Cl2N4. The van der Waals surface area contributed by atoms with E-state index in [1.54, 1.807) is 11.3 Å². The van der Waals surface area contributed by atoms with E-state index < -0.39 is 0 Å². The lowest BCUT2D eigenvalue weighted by Gasteiger charge is -2.38. The predicted octanol–water partition coefficient (Wildman–Crippen LogP) is 4.97. The van der Waals surface area contributed by atoms with Crippen LogP contribution in [0.15, 0.2) is 36.4 Å². The lowest BCUT2D eigenvalue weighted by molar-refractivity contribution is 0.454. The van der Waals surface area contributed by atoms with Crippen molar-refractivity contribution in [3.8, 4) is 0 Å². The maximum Gasteiger partial charge on any atom is 0.0455 e. The second-order valence-electron chi connectivity index (χ2n) is 9.40. The summed E-state index contributed by atoms with van der Waals surface area (Å²) in [5, 5.41) is 7.75. The highest BCUT2D eigenvalue weighted by atomic mass is 35.5. The summed E-state index contributed by atoms with van der Waals surface area (Å²) >= 11 is 6.09. The molecule has 6 heteroatoms. The van der Waals surface area contributed by atoms with Gasteiger partial charge in [0.15, 0.2) is 0 Å². The minimum absolute atomic E-state index is 0. The van der Waals surface area contributed by atoms with Crippen LogP contribution in [0.4, 0.5) is 11.4 Å². The van der Waals surface area contributed by atoms with E-state index in [0.29, 0.717) is 0 Å². The summed E-state index contributed by atoms with van der Waals surface area (Å²) in [4.78, 5) is 5.04. The van der Waals surface area contributed by atoms with Gasteiger partial charge in [-0.05, 0) is 60.4 Å². The minimum atomic E-state index is 0. The molecule has 0 aromatic heterocycles. The summed E-state index contributed by atoms with van der Waals surface area (Å²) in [6, 6.07) is 13.1. The molecule has 6 rings (SSSR count). The highest BCUT2D eigenvalue weighted by Gasteiger charge is 2.37. The molecule has 0 bridgehead atoms. The molecule has 0 radical (unpaired) electrons. The zero-order chi connectivity index (χ0) is 21.2. The van der Waals surface area contributed by atoms with Gasteiger partial charge in [-0.15, -0.1) is 12.4 Å². The molecule has 1 saturated heterocycles. The molecule has 2 aromatic rings. The zero-order valence-electron chi connectivity index (χ0n) is 19.1. The molecule has 4 nitrogen and oxygen atoms in total. The number of nitrogens with zero attached hydrogens (tertiary/aromatic N) is 2. The van der Waals surface area contributed by atoms with Gasteiger partial charge >= 0.3 is 0 Å². The maximum absolute atomic E-state index is 6.09. The minimum Gasteiger partial charge on any atom is -0.369 e. The Morgan fingerprint density at radius 2 is 1.66 bits per heavy atom. The SMILES string of the molecule is Cc1c(Cl)cccc1N1CCNCC1.Cl.c1cc2c3c(c1)[C@H]1CCC[C@H]1CN3CCNC2. The molecular weight excluding hydrogens is 439 g/mol. The van der Waals surface area contributed by atoms with E-state index in [2.05, 4.69) is 51.6 Å². The Bertz CT molecular complexity index is 913. The van der Waals surface area contributed by atoms with Gasteiger partial charge < -0.3 is 20.4 Å². The van der Waals surface area contributed by atoms with Crippen LogP contribution < -0.4 is 20.4 Å². The smallest absolute Gasteiger partial charge is 0.0455 e. The van der Waals surface area contributed by atoms with E-state index in [4.69, 9.17) is 11.6 Å². The number of benzene rings is 2. The van der Waals surface area contributed by atoms with Gasteiger partial charge in [-0.1, -0.05) is 42.3 Å². The Morgan fingerprint density at radius 1 is 0.906 bits per heavy atom. The van der Waals surface area contributed by atoms with E-state index in [-0.39, 0.29) is 12.4 Å². The molecule has 2 atom stereocenters. The molecule has 174 valence electrons. The predicted molar refractivity (Wildman–Crippen MR) is 139 cm³/mol. The van der Waals surface area contributed by atoms with Crippen molar-refractivity contribution >= 4 is 35.4 Å². The van der Waals surface area contributed by atoms with Crippen LogP contribution >= 0.6 is 24.0 Å². The molecule has 2 N–H and O–H groups in total. The van der Waals surface area contributed by atoms with Crippen LogP contribution in [0, 0.1) is 12.8 Å². The van der Waals surface area contributed by atoms with Crippen molar-refractivity contribution in [1.29, 1.82) is 0 Å². The Morgan fingerprint density at radius 3 is 2.50 bits per heavy atom. The Hall–Kier alpha value is -1.46. The third kappa shape index (κ3) is 4.75. The highest BCUT2D eigenvalue weighted by molar-refractivity contribution is 6.31. The third-order valence-corrected chi connectivity index (χ3v) is 7.96. The van der Waals surface area contributed by atoms with Crippen molar-refractivity contribution in [3.05, 3.63) is 58.1 Å². The van der Waals surface area contributed by atoms with Gasteiger partial charge in [-0.3, -0.25) is 0 Å². The van der Waals surface area contributed by atoms with Crippen molar-refractivity contribution in [2.75, 3.05) is 55.6 Å². The molecule has 2 aromatic carbocycles. The van der Waals surface area contributed by atoms with Crippen LogP contribution in [0.5, 0.6) is 0 Å². The molecule has 1 aliphatic carbocycles. The molecule has 0 spiro atoms. The van der Waals surface area contributed by atoms with Crippen LogP contribution in [-0.2, 0) is 6.54 Å². The number of piperazine rings is 1. The standard InChI is InChI=1S/C15H20N2.C11H15ClN2.ClH/c1-3-11-9-16-7-8-17-10-12-4-2-5-13(12)14(6-1)15(11)17;1-9-10(12)3-2-4-11(9)14-7-5-13-6-8-14;/h1,3,6,12-13,16H,2,4-5,7-10H2;2-4,13H,5-8H2,1H3;1H/t12-,13-;;/m0../s1. The fourth-order valence-electron chi connectivity index (χ4n) is 5.96. The van der Waals surface area contributed by atoms with Crippen molar-refractivity contribution in [1.82, 2.24) is 10.6 Å². The summed E-state index contributed by atoms with van der Waals surface area (Å²) in [6.45, 7) is 11.0. The Labute approximate surface area is 204 Å². The third-order valence-electron chi connectivity index (χ3n) is 7.55. The van der Waals surface area contributed by atoms with Gasteiger partial charge in [0.2, 0.25) is 0 Å². The molecule has 2 fully saturated rings. The quantitative estimate of drug-likeness (QED) is 0.610. The molecule has 0 amide bonds. The van der Waals surface area contributed by atoms with Gasteiger partial charge in [-0.2, -0.15) is 0 Å². The fraction of sp³-hybridized carbons (Fsp3) is 0.538. The van der Waals surface area contributed by atoms with E-state index >= 15 is 0 Å². The topological polar surface area (TPSA) is 30.5 Å². The van der Waals surface area contributed by atoms with Crippen molar-refractivity contribution in [3.63, 3.8) is 0 Å². The number of anilines is 2. The van der Waals surface area contributed by atoms with E-state index in [9.17, 15) is 0 Å². The van der Waals surface area contributed by atoms with Crippen molar-refractivity contribution < 1.29 is 0 Å². The number of nitrogens with one attached hydrogen (secondary N) is 2. The van der Waals surface area contributed by atoms with Crippen LogP contribution in [0.1, 0.15) is 41.9 Å². The number of rotatable bonds is 1.